The fraction of sp³-hybridized carbons (Fsp3) is 0.417. The summed E-state index contributed by atoms with van der Waals surface area (Å²) in [7, 11) is 0. The van der Waals surface area contributed by atoms with Crippen LogP contribution in [0.2, 0.25) is 0 Å². The van der Waals surface area contributed by atoms with Gasteiger partial charge in [0.25, 0.3) is 5.91 Å². The van der Waals surface area contributed by atoms with Crippen LogP contribution in [0.4, 0.5) is 9.52 Å². The van der Waals surface area contributed by atoms with Crippen LogP contribution in [0.1, 0.15) is 59.6 Å². The molecule has 0 bridgehead atoms. The van der Waals surface area contributed by atoms with Crippen molar-refractivity contribution >= 4 is 34.1 Å². The molecule has 1 aromatic heterocycles. The van der Waals surface area contributed by atoms with E-state index in [1.807, 2.05) is 0 Å². The summed E-state index contributed by atoms with van der Waals surface area (Å²) >= 11 is 0.988. The van der Waals surface area contributed by atoms with Crippen LogP contribution in [0.25, 0.3) is 0 Å². The third-order valence-electron chi connectivity index (χ3n) is 6.42. The van der Waals surface area contributed by atoms with Gasteiger partial charge in [-0.3, -0.25) is 14.5 Å². The largest absolute Gasteiger partial charge is 0.483 e. The zero-order chi connectivity index (χ0) is 23.3. The number of nitrogens with zero attached hydrogens (tertiary/aromatic N) is 2. The van der Waals surface area contributed by atoms with Crippen molar-refractivity contribution in [3.63, 3.8) is 0 Å². The Hall–Kier alpha value is -3.07. The van der Waals surface area contributed by atoms with Gasteiger partial charge in [-0.25, -0.2) is 14.2 Å². The first kappa shape index (κ1) is 21.8. The molecule has 3 atom stereocenters. The Morgan fingerprint density at radius 1 is 1.27 bits per heavy atom. The van der Waals surface area contributed by atoms with Crippen LogP contribution in [0, 0.1) is 18.7 Å². The minimum Gasteiger partial charge on any atom is -0.483 e. The van der Waals surface area contributed by atoms with E-state index in [4.69, 9.17) is 9.47 Å². The molecule has 7 nitrogen and oxygen atoms in total. The van der Waals surface area contributed by atoms with Crippen LogP contribution in [-0.2, 0) is 19.1 Å². The molecule has 0 N–H and O–H groups in total. The molecule has 2 aromatic rings. The van der Waals surface area contributed by atoms with Crippen LogP contribution in [0.5, 0.6) is 0 Å². The maximum atomic E-state index is 15.0. The number of fused-ring (bicyclic) bond motifs is 1. The van der Waals surface area contributed by atoms with Crippen LogP contribution >= 0.6 is 11.3 Å². The molecular weight excluding hydrogens is 447 g/mol. The lowest BCUT2D eigenvalue weighted by atomic mass is 9.77. The molecule has 3 unspecified atom stereocenters. The number of carbonyl (C=O) groups excluding carboxylic acids is 3. The van der Waals surface area contributed by atoms with Crippen molar-refractivity contribution < 1.29 is 28.2 Å². The zero-order valence-corrected chi connectivity index (χ0v) is 19.1. The molecule has 9 heteroatoms. The molecule has 5 rings (SSSR count). The quantitative estimate of drug-likeness (QED) is 0.621. The van der Waals surface area contributed by atoms with Gasteiger partial charge in [0, 0.05) is 5.56 Å². The van der Waals surface area contributed by atoms with E-state index in [9.17, 15) is 18.8 Å². The second-order valence-corrected chi connectivity index (χ2v) is 9.36. The Bertz CT molecular complexity index is 1190. The number of anilines is 1. The molecule has 33 heavy (non-hydrogen) atoms. The molecular formula is C24H23FN2O5S. The summed E-state index contributed by atoms with van der Waals surface area (Å²) in [4.78, 5) is 45.5. The number of carbonyl (C=O) groups is 3. The Morgan fingerprint density at radius 2 is 2.03 bits per heavy atom. The van der Waals surface area contributed by atoms with E-state index in [0.29, 0.717) is 18.5 Å². The fourth-order valence-corrected chi connectivity index (χ4v) is 5.89. The van der Waals surface area contributed by atoms with E-state index in [-0.39, 0.29) is 51.3 Å². The van der Waals surface area contributed by atoms with E-state index in [1.54, 1.807) is 32.0 Å². The van der Waals surface area contributed by atoms with E-state index in [0.717, 1.165) is 24.2 Å². The van der Waals surface area contributed by atoms with Crippen molar-refractivity contribution in [2.75, 3.05) is 11.5 Å². The van der Waals surface area contributed by atoms with Gasteiger partial charge in [-0.15, -0.1) is 0 Å². The normalized spacial score (nSPS) is 24.5. The second kappa shape index (κ2) is 8.37. The van der Waals surface area contributed by atoms with E-state index >= 15 is 0 Å². The highest BCUT2D eigenvalue weighted by atomic mass is 32.1. The standard InChI is InChI=1S/C24H23FN2O5S/c1-3-31-23(30)21-12(2)26-24(33-21)27-18(13-8-4-6-10-15(13)25)17-19(28)14-9-5-7-11-16(14)32-20(17)22(27)29/h4,6,8,10,14,16,18H,3,5,7,9,11H2,1-2H3. The van der Waals surface area contributed by atoms with Gasteiger partial charge in [0.2, 0.25) is 0 Å². The number of Topliss-reactive ketones (excluding diaryl/α,β-unsaturated/α-hetero) is 1. The van der Waals surface area contributed by atoms with Gasteiger partial charge in [0.05, 0.1) is 23.8 Å². The van der Waals surface area contributed by atoms with Gasteiger partial charge in [0.1, 0.15) is 22.8 Å². The number of ketones is 1. The average Bonchev–Trinajstić information content (AvgIpc) is 3.32. The second-order valence-electron chi connectivity index (χ2n) is 8.38. The summed E-state index contributed by atoms with van der Waals surface area (Å²) < 4.78 is 26.2. The van der Waals surface area contributed by atoms with Gasteiger partial charge >= 0.3 is 5.97 Å². The number of benzene rings is 1. The summed E-state index contributed by atoms with van der Waals surface area (Å²) in [6.07, 6.45) is 2.88. The number of aryl methyl sites for hydroxylation is 1. The van der Waals surface area contributed by atoms with Crippen molar-refractivity contribution in [2.24, 2.45) is 5.92 Å². The molecule has 172 valence electrons. The Kier molecular flexibility index (Phi) is 5.52. The predicted octanol–water partition coefficient (Wildman–Crippen LogP) is 4.27. The maximum Gasteiger partial charge on any atom is 0.350 e. The van der Waals surface area contributed by atoms with E-state index in [1.165, 1.54) is 11.0 Å². The lowest BCUT2D eigenvalue weighted by Gasteiger charge is -2.35. The summed E-state index contributed by atoms with van der Waals surface area (Å²) in [6, 6.07) is 5.06. The van der Waals surface area contributed by atoms with Gasteiger partial charge in [0.15, 0.2) is 16.7 Å². The van der Waals surface area contributed by atoms with Crippen LogP contribution in [0.15, 0.2) is 35.6 Å². The molecule has 1 aliphatic carbocycles. The van der Waals surface area contributed by atoms with Crippen molar-refractivity contribution in [1.82, 2.24) is 4.98 Å². The smallest absolute Gasteiger partial charge is 0.350 e. The first-order chi connectivity index (χ1) is 15.9. The molecule has 1 fully saturated rings. The Labute approximate surface area is 194 Å². The first-order valence-corrected chi connectivity index (χ1v) is 11.9. The van der Waals surface area contributed by atoms with Crippen LogP contribution < -0.4 is 4.90 Å². The van der Waals surface area contributed by atoms with Crippen LogP contribution in [0.3, 0.4) is 0 Å². The first-order valence-electron chi connectivity index (χ1n) is 11.1. The minimum atomic E-state index is -1.01. The summed E-state index contributed by atoms with van der Waals surface area (Å²) in [5.74, 6) is -2.14. The number of thiazole rings is 1. The molecule has 0 radical (unpaired) electrons. The SMILES string of the molecule is CCOC(=O)c1sc(N2C(=O)C3=C(C(=O)C4CCCCC4O3)C2c2ccccc2F)nc1C. The van der Waals surface area contributed by atoms with Gasteiger partial charge in [-0.2, -0.15) is 0 Å². The summed E-state index contributed by atoms with van der Waals surface area (Å²) in [5, 5.41) is 0.197. The van der Waals surface area contributed by atoms with Gasteiger partial charge in [-0.1, -0.05) is 36.0 Å². The molecule has 3 aliphatic rings. The minimum absolute atomic E-state index is 0.0260. The topological polar surface area (TPSA) is 85.8 Å². The van der Waals surface area contributed by atoms with E-state index < -0.39 is 23.7 Å². The number of halogens is 1. The summed E-state index contributed by atoms with van der Waals surface area (Å²) in [5.41, 5.74) is 0.769. The van der Waals surface area contributed by atoms with E-state index in [2.05, 4.69) is 4.98 Å². The third-order valence-corrected chi connectivity index (χ3v) is 7.55. The molecule has 1 saturated carbocycles. The fourth-order valence-electron chi connectivity index (χ4n) is 4.90. The average molecular weight is 471 g/mol. The van der Waals surface area contributed by atoms with Gasteiger partial charge < -0.3 is 9.47 Å². The predicted molar refractivity (Wildman–Crippen MR) is 118 cm³/mol. The number of hydrogen-bond donors (Lipinski definition) is 0. The number of ether oxygens (including phenoxy) is 2. The maximum absolute atomic E-state index is 15.0. The highest BCUT2D eigenvalue weighted by Crippen LogP contribution is 2.49. The zero-order valence-electron chi connectivity index (χ0n) is 18.3. The summed E-state index contributed by atoms with van der Waals surface area (Å²) in [6.45, 7) is 3.55. The molecule has 1 aromatic carbocycles. The molecule has 0 spiro atoms. The monoisotopic (exact) mass is 470 g/mol. The van der Waals surface area contributed by atoms with Crippen molar-refractivity contribution in [2.45, 2.75) is 51.7 Å². The Morgan fingerprint density at radius 3 is 2.79 bits per heavy atom. The number of hydrogen-bond acceptors (Lipinski definition) is 7. The number of aromatic nitrogens is 1. The molecule has 2 aliphatic heterocycles. The van der Waals surface area contributed by atoms with Crippen molar-refractivity contribution in [3.05, 3.63) is 57.5 Å². The Balaban J connectivity index is 1.64. The number of amides is 1. The lowest BCUT2D eigenvalue weighted by Crippen LogP contribution is -2.39. The van der Waals surface area contributed by atoms with Crippen LogP contribution in [-0.4, -0.2) is 35.4 Å². The highest BCUT2D eigenvalue weighted by Gasteiger charge is 2.53. The highest BCUT2D eigenvalue weighted by molar-refractivity contribution is 7.17. The number of rotatable bonds is 4. The lowest BCUT2D eigenvalue weighted by molar-refractivity contribution is -0.131. The van der Waals surface area contributed by atoms with Gasteiger partial charge in [-0.05, 0) is 39.2 Å². The number of esters is 1. The molecule has 3 heterocycles. The third kappa shape index (κ3) is 3.45. The molecule has 1 amide bonds. The van der Waals surface area contributed by atoms with Crippen molar-refractivity contribution in [1.29, 1.82) is 0 Å². The molecule has 0 saturated heterocycles. The van der Waals surface area contributed by atoms with Crippen molar-refractivity contribution in [3.8, 4) is 0 Å².